The molecule has 1 unspecified atom stereocenters. The molecule has 0 aromatic heterocycles. The van der Waals surface area contributed by atoms with Crippen molar-refractivity contribution in [3.8, 4) is 0 Å². The van der Waals surface area contributed by atoms with Gasteiger partial charge in [-0.3, -0.25) is 14.4 Å². The molecule has 2 aromatic carbocycles. The quantitative estimate of drug-likeness (QED) is 0.733. The monoisotopic (exact) mass is 399 g/mol. The summed E-state index contributed by atoms with van der Waals surface area (Å²) in [7, 11) is 0. The molecule has 7 heteroatoms. The summed E-state index contributed by atoms with van der Waals surface area (Å²) in [5.41, 5.74) is 2.43. The number of carbonyl (C=O) groups is 3. The highest BCUT2D eigenvalue weighted by molar-refractivity contribution is 6.30. The molecular formula is C21H22ClN3O3. The van der Waals surface area contributed by atoms with E-state index in [0.717, 1.165) is 11.3 Å². The molecule has 0 aliphatic carbocycles. The molecule has 3 rings (SSSR count). The zero-order valence-corrected chi connectivity index (χ0v) is 16.3. The van der Waals surface area contributed by atoms with Gasteiger partial charge >= 0.3 is 0 Å². The van der Waals surface area contributed by atoms with E-state index in [4.69, 9.17) is 11.6 Å². The largest absolute Gasteiger partial charge is 0.354 e. The van der Waals surface area contributed by atoms with Crippen LogP contribution in [0.5, 0.6) is 0 Å². The number of anilines is 1. The predicted molar refractivity (Wildman–Crippen MR) is 108 cm³/mol. The maximum atomic E-state index is 12.4. The van der Waals surface area contributed by atoms with Crippen LogP contribution in [0.3, 0.4) is 0 Å². The lowest BCUT2D eigenvalue weighted by Gasteiger charge is -2.17. The Balaban J connectivity index is 1.44. The second-order valence-corrected chi connectivity index (χ2v) is 7.23. The molecule has 6 nitrogen and oxygen atoms in total. The van der Waals surface area contributed by atoms with Gasteiger partial charge in [-0.05, 0) is 43.3 Å². The molecule has 1 aliphatic rings. The van der Waals surface area contributed by atoms with Gasteiger partial charge in [0.2, 0.25) is 11.8 Å². The average Bonchev–Trinajstić information content (AvgIpc) is 3.08. The van der Waals surface area contributed by atoms with Gasteiger partial charge in [-0.2, -0.15) is 0 Å². The fourth-order valence-corrected chi connectivity index (χ4v) is 3.19. The molecule has 3 amide bonds. The summed E-state index contributed by atoms with van der Waals surface area (Å²) in [6.45, 7) is 2.95. The molecule has 0 saturated carbocycles. The number of carbonyl (C=O) groups excluding carboxylic acids is 3. The number of nitrogens with one attached hydrogen (secondary N) is 2. The second-order valence-electron chi connectivity index (χ2n) is 6.79. The van der Waals surface area contributed by atoms with E-state index >= 15 is 0 Å². The topological polar surface area (TPSA) is 78.5 Å². The lowest BCUT2D eigenvalue weighted by Crippen LogP contribution is -2.38. The van der Waals surface area contributed by atoms with E-state index in [-0.39, 0.29) is 30.1 Å². The third-order valence-electron chi connectivity index (χ3n) is 4.66. The summed E-state index contributed by atoms with van der Waals surface area (Å²) in [6, 6.07) is 14.2. The Morgan fingerprint density at radius 2 is 1.68 bits per heavy atom. The molecule has 2 N–H and O–H groups in total. The summed E-state index contributed by atoms with van der Waals surface area (Å²) >= 11 is 5.80. The van der Waals surface area contributed by atoms with Crippen molar-refractivity contribution in [2.75, 3.05) is 24.5 Å². The van der Waals surface area contributed by atoms with Crippen molar-refractivity contribution in [2.24, 2.45) is 5.92 Å². The predicted octanol–water partition coefficient (Wildman–Crippen LogP) is 2.55. The molecule has 1 heterocycles. The van der Waals surface area contributed by atoms with Crippen LogP contribution in [0.4, 0.5) is 5.69 Å². The number of hydrogen-bond acceptors (Lipinski definition) is 3. The van der Waals surface area contributed by atoms with E-state index in [1.165, 1.54) is 0 Å². The maximum Gasteiger partial charge on any atom is 0.251 e. The summed E-state index contributed by atoms with van der Waals surface area (Å²) < 4.78 is 0. The van der Waals surface area contributed by atoms with Gasteiger partial charge in [-0.25, -0.2) is 0 Å². The Morgan fingerprint density at radius 3 is 2.36 bits per heavy atom. The standard InChI is InChI=1S/C21H22ClN3O3/c1-14-2-8-18(9-3-14)25-13-16(12-19(25)26)21(28)24-11-10-23-20(27)15-4-6-17(22)7-5-15/h2-9,16H,10-13H2,1H3,(H,23,27)(H,24,28). The third kappa shape index (κ3) is 4.89. The lowest BCUT2D eigenvalue weighted by molar-refractivity contribution is -0.126. The first kappa shape index (κ1) is 19.9. The molecule has 146 valence electrons. The molecule has 1 aliphatic heterocycles. The van der Waals surface area contributed by atoms with Crippen molar-refractivity contribution in [2.45, 2.75) is 13.3 Å². The summed E-state index contributed by atoms with van der Waals surface area (Å²) in [5, 5.41) is 6.09. The Kier molecular flexibility index (Phi) is 6.31. The van der Waals surface area contributed by atoms with Crippen molar-refractivity contribution < 1.29 is 14.4 Å². The van der Waals surface area contributed by atoms with Crippen LogP contribution in [0.25, 0.3) is 0 Å². The van der Waals surface area contributed by atoms with E-state index < -0.39 is 0 Å². The Labute approximate surface area is 168 Å². The van der Waals surface area contributed by atoms with Crippen LogP contribution in [-0.4, -0.2) is 37.4 Å². The average molecular weight is 400 g/mol. The van der Waals surface area contributed by atoms with E-state index in [1.807, 2.05) is 31.2 Å². The molecular weight excluding hydrogens is 378 g/mol. The molecule has 0 bridgehead atoms. The molecule has 2 aromatic rings. The van der Waals surface area contributed by atoms with Crippen molar-refractivity contribution in [3.63, 3.8) is 0 Å². The number of hydrogen-bond donors (Lipinski definition) is 2. The van der Waals surface area contributed by atoms with Gasteiger partial charge < -0.3 is 15.5 Å². The summed E-state index contributed by atoms with van der Waals surface area (Å²) in [4.78, 5) is 38.3. The van der Waals surface area contributed by atoms with Gasteiger partial charge in [0.25, 0.3) is 5.91 Å². The molecule has 1 saturated heterocycles. The third-order valence-corrected chi connectivity index (χ3v) is 4.91. The van der Waals surface area contributed by atoms with E-state index in [1.54, 1.807) is 29.2 Å². The number of rotatable bonds is 6. The number of nitrogens with zero attached hydrogens (tertiary/aromatic N) is 1. The van der Waals surface area contributed by atoms with Crippen molar-refractivity contribution in [3.05, 3.63) is 64.7 Å². The molecule has 1 fully saturated rings. The SMILES string of the molecule is Cc1ccc(N2CC(C(=O)NCCNC(=O)c3ccc(Cl)cc3)CC2=O)cc1. The smallest absolute Gasteiger partial charge is 0.251 e. The van der Waals surface area contributed by atoms with Gasteiger partial charge in [0.15, 0.2) is 0 Å². The second kappa shape index (κ2) is 8.89. The zero-order chi connectivity index (χ0) is 20.1. The Bertz CT molecular complexity index is 865. The number of aryl methyl sites for hydroxylation is 1. The first-order chi connectivity index (χ1) is 13.4. The minimum atomic E-state index is -0.388. The van der Waals surface area contributed by atoms with E-state index in [0.29, 0.717) is 30.2 Å². The van der Waals surface area contributed by atoms with Crippen LogP contribution < -0.4 is 15.5 Å². The van der Waals surface area contributed by atoms with Gasteiger partial charge in [-0.15, -0.1) is 0 Å². The lowest BCUT2D eigenvalue weighted by atomic mass is 10.1. The normalized spacial score (nSPS) is 16.1. The van der Waals surface area contributed by atoms with Gasteiger partial charge in [-0.1, -0.05) is 29.3 Å². The maximum absolute atomic E-state index is 12.4. The first-order valence-corrected chi connectivity index (χ1v) is 9.50. The van der Waals surface area contributed by atoms with Crippen molar-refractivity contribution in [1.29, 1.82) is 0 Å². The van der Waals surface area contributed by atoms with Crippen molar-refractivity contribution in [1.82, 2.24) is 10.6 Å². The molecule has 0 radical (unpaired) electrons. The summed E-state index contributed by atoms with van der Waals surface area (Å²) in [6.07, 6.45) is 0.191. The minimum absolute atomic E-state index is 0.0555. The fourth-order valence-electron chi connectivity index (χ4n) is 3.07. The van der Waals surface area contributed by atoms with Crippen LogP contribution in [0.1, 0.15) is 22.3 Å². The highest BCUT2D eigenvalue weighted by Crippen LogP contribution is 2.25. The number of amides is 3. The highest BCUT2D eigenvalue weighted by Gasteiger charge is 2.34. The zero-order valence-electron chi connectivity index (χ0n) is 15.6. The number of benzene rings is 2. The highest BCUT2D eigenvalue weighted by atomic mass is 35.5. The van der Waals surface area contributed by atoms with Crippen LogP contribution in [0.15, 0.2) is 48.5 Å². The summed E-state index contributed by atoms with van der Waals surface area (Å²) in [5.74, 6) is -0.850. The van der Waals surface area contributed by atoms with Gasteiger partial charge in [0, 0.05) is 42.3 Å². The molecule has 0 spiro atoms. The van der Waals surface area contributed by atoms with Crippen LogP contribution >= 0.6 is 11.6 Å². The van der Waals surface area contributed by atoms with Crippen molar-refractivity contribution >= 4 is 35.0 Å². The minimum Gasteiger partial charge on any atom is -0.354 e. The molecule has 28 heavy (non-hydrogen) atoms. The van der Waals surface area contributed by atoms with Gasteiger partial charge in [0.1, 0.15) is 0 Å². The van der Waals surface area contributed by atoms with Crippen LogP contribution in [0, 0.1) is 12.8 Å². The fraction of sp³-hybridized carbons (Fsp3) is 0.286. The van der Waals surface area contributed by atoms with E-state index in [9.17, 15) is 14.4 Å². The van der Waals surface area contributed by atoms with Gasteiger partial charge in [0.05, 0.1) is 5.92 Å². The first-order valence-electron chi connectivity index (χ1n) is 9.12. The Morgan fingerprint density at radius 1 is 1.04 bits per heavy atom. The number of halogens is 1. The Hall–Kier alpha value is -2.86. The van der Waals surface area contributed by atoms with E-state index in [2.05, 4.69) is 10.6 Å². The molecule has 1 atom stereocenters. The van der Waals surface area contributed by atoms with Crippen LogP contribution in [-0.2, 0) is 9.59 Å². The van der Waals surface area contributed by atoms with Crippen LogP contribution in [0.2, 0.25) is 5.02 Å².